The summed E-state index contributed by atoms with van der Waals surface area (Å²) in [6.45, 7) is 7.61. The maximum absolute atomic E-state index is 12.3. The highest BCUT2D eigenvalue weighted by Gasteiger charge is 2.65. The molecule has 4 heterocycles. The van der Waals surface area contributed by atoms with Gasteiger partial charge in [-0.25, -0.2) is 4.79 Å². The van der Waals surface area contributed by atoms with Crippen molar-refractivity contribution in [2.45, 2.75) is 63.3 Å². The Morgan fingerprint density at radius 1 is 1.46 bits per heavy atom. The molecule has 0 radical (unpaired) electrons. The van der Waals surface area contributed by atoms with Gasteiger partial charge in [-0.1, -0.05) is 20.4 Å². The number of hydrogen-bond donors (Lipinski definition) is 1. The smallest absolute Gasteiger partial charge is 0.334 e. The van der Waals surface area contributed by atoms with Crippen LogP contribution in [0.25, 0.3) is 0 Å². The van der Waals surface area contributed by atoms with E-state index in [-0.39, 0.29) is 36.6 Å². The molecule has 0 saturated carbocycles. The van der Waals surface area contributed by atoms with Gasteiger partial charge in [0.2, 0.25) is 0 Å². The predicted molar refractivity (Wildman–Crippen MR) is 88.7 cm³/mol. The fourth-order valence-electron chi connectivity index (χ4n) is 4.13. The lowest BCUT2D eigenvalue weighted by molar-refractivity contribution is -0.168. The number of carbonyl (C=O) groups is 2. The normalized spacial score (nSPS) is 43.7. The number of carbonyl (C=O) groups excluding carboxylic acids is 2. The summed E-state index contributed by atoms with van der Waals surface area (Å²) in [5, 5.41) is 10.5. The summed E-state index contributed by atoms with van der Waals surface area (Å²) >= 11 is 0. The molecule has 5 rings (SSSR count). The third-order valence-electron chi connectivity index (χ3n) is 5.74. The zero-order chi connectivity index (χ0) is 18.6. The lowest BCUT2D eigenvalue weighted by atomic mass is 9.81. The number of epoxide rings is 1. The minimum atomic E-state index is -1.11. The first-order chi connectivity index (χ1) is 12.3. The molecule has 1 unspecified atom stereocenters. The predicted octanol–water partition coefficient (Wildman–Crippen LogP) is 1.25. The van der Waals surface area contributed by atoms with Crippen LogP contribution in [0.1, 0.15) is 33.1 Å². The molecule has 0 aromatic rings. The Balaban J connectivity index is 1.75. The van der Waals surface area contributed by atoms with Gasteiger partial charge in [-0.2, -0.15) is 0 Å². The van der Waals surface area contributed by atoms with Crippen molar-refractivity contribution in [3.8, 4) is 0 Å². The summed E-state index contributed by atoms with van der Waals surface area (Å²) < 4.78 is 22.7. The topological polar surface area (TPSA) is 94.6 Å². The monoisotopic (exact) mass is 364 g/mol. The molecule has 2 bridgehead atoms. The Kier molecular flexibility index (Phi) is 4.21. The molecular weight excluding hydrogens is 340 g/mol. The summed E-state index contributed by atoms with van der Waals surface area (Å²) in [5.41, 5.74) is 0.305. The van der Waals surface area contributed by atoms with Crippen molar-refractivity contribution in [2.24, 2.45) is 11.8 Å². The van der Waals surface area contributed by atoms with Crippen molar-refractivity contribution in [1.82, 2.24) is 0 Å². The van der Waals surface area contributed by atoms with Gasteiger partial charge in [-0.3, -0.25) is 4.79 Å². The van der Waals surface area contributed by atoms with Crippen molar-refractivity contribution in [1.29, 1.82) is 0 Å². The summed E-state index contributed by atoms with van der Waals surface area (Å²) in [5.74, 6) is -1.67. The van der Waals surface area contributed by atoms with E-state index in [4.69, 9.17) is 18.9 Å². The second kappa shape index (κ2) is 6.18. The third-order valence-corrected chi connectivity index (χ3v) is 5.74. The lowest BCUT2D eigenvalue weighted by Crippen LogP contribution is -2.45. The molecule has 3 fully saturated rings. The van der Waals surface area contributed by atoms with Crippen LogP contribution < -0.4 is 0 Å². The van der Waals surface area contributed by atoms with Gasteiger partial charge in [0.25, 0.3) is 0 Å². The zero-order valence-corrected chi connectivity index (χ0v) is 15.0. The fraction of sp³-hybridized carbons (Fsp3) is 0.684. The highest BCUT2D eigenvalue weighted by Crippen LogP contribution is 2.51. The minimum Gasteiger partial charge on any atom is -0.461 e. The molecule has 0 aromatic carbocycles. The molecule has 26 heavy (non-hydrogen) atoms. The van der Waals surface area contributed by atoms with Crippen LogP contribution in [0.15, 0.2) is 23.8 Å². The van der Waals surface area contributed by atoms with Crippen LogP contribution >= 0.6 is 0 Å². The highest BCUT2D eigenvalue weighted by molar-refractivity contribution is 5.91. The Bertz CT molecular complexity index is 681. The summed E-state index contributed by atoms with van der Waals surface area (Å²) in [4.78, 5) is 24.4. The van der Waals surface area contributed by atoms with Crippen LogP contribution in [0.5, 0.6) is 0 Å². The Morgan fingerprint density at radius 2 is 2.23 bits per heavy atom. The van der Waals surface area contributed by atoms with E-state index in [0.29, 0.717) is 0 Å². The number of aliphatic hydroxyl groups excluding tert-OH is 1. The van der Waals surface area contributed by atoms with E-state index in [1.165, 1.54) is 0 Å². The molecule has 4 aliphatic heterocycles. The molecule has 5 aliphatic rings. The summed E-state index contributed by atoms with van der Waals surface area (Å²) in [6, 6.07) is 0. The zero-order valence-electron chi connectivity index (χ0n) is 15.0. The van der Waals surface area contributed by atoms with Gasteiger partial charge < -0.3 is 24.1 Å². The molecule has 142 valence electrons. The van der Waals surface area contributed by atoms with Gasteiger partial charge in [0, 0.05) is 12.0 Å². The molecule has 0 aromatic heterocycles. The number of rotatable bonds is 2. The third kappa shape index (κ3) is 2.78. The van der Waals surface area contributed by atoms with Gasteiger partial charge in [-0.05, 0) is 24.5 Å². The van der Waals surface area contributed by atoms with Crippen LogP contribution in [0.3, 0.4) is 0 Å². The van der Waals surface area contributed by atoms with E-state index in [1.54, 1.807) is 13.8 Å². The van der Waals surface area contributed by atoms with Crippen LogP contribution in [-0.2, 0) is 28.5 Å². The molecule has 1 N–H and O–H groups in total. The van der Waals surface area contributed by atoms with E-state index >= 15 is 0 Å². The molecule has 7 nitrogen and oxygen atoms in total. The quantitative estimate of drug-likeness (QED) is 0.341. The Hall–Kier alpha value is -1.70. The highest BCUT2D eigenvalue weighted by atomic mass is 16.7. The Morgan fingerprint density at radius 3 is 2.96 bits per heavy atom. The SMILES string of the molecule is C=C1C(=O)O[C@@H]2/C=C3/CC[C@H]4O[C@@]4(C[C@H](OC(=O)C(C)C)[C@@H]12)C(O)OC3. The first-order valence-electron chi connectivity index (χ1n) is 9.09. The van der Waals surface area contributed by atoms with Crippen molar-refractivity contribution >= 4 is 11.9 Å². The first kappa shape index (κ1) is 17.7. The fourth-order valence-corrected chi connectivity index (χ4v) is 4.13. The van der Waals surface area contributed by atoms with Crippen LogP contribution in [0.4, 0.5) is 0 Å². The average molecular weight is 364 g/mol. The summed E-state index contributed by atoms with van der Waals surface area (Å²) in [7, 11) is 0. The van der Waals surface area contributed by atoms with E-state index in [0.717, 1.165) is 18.4 Å². The molecule has 7 heteroatoms. The van der Waals surface area contributed by atoms with Gasteiger partial charge in [0.05, 0.1) is 24.5 Å². The maximum Gasteiger partial charge on any atom is 0.334 e. The van der Waals surface area contributed by atoms with Crippen molar-refractivity contribution in [2.75, 3.05) is 6.61 Å². The largest absolute Gasteiger partial charge is 0.461 e. The number of hydrogen-bond acceptors (Lipinski definition) is 7. The maximum atomic E-state index is 12.3. The Labute approximate surface area is 151 Å². The van der Waals surface area contributed by atoms with E-state index in [9.17, 15) is 14.7 Å². The van der Waals surface area contributed by atoms with Crippen LogP contribution in [0, 0.1) is 11.8 Å². The second-order valence-electron chi connectivity index (χ2n) is 7.84. The molecule has 1 spiro atoms. The number of aliphatic hydroxyl groups is 1. The van der Waals surface area contributed by atoms with Crippen LogP contribution in [-0.4, -0.2) is 53.9 Å². The van der Waals surface area contributed by atoms with Crippen molar-refractivity contribution in [3.05, 3.63) is 23.8 Å². The van der Waals surface area contributed by atoms with Gasteiger partial charge in [0.15, 0.2) is 6.29 Å². The van der Waals surface area contributed by atoms with E-state index in [2.05, 4.69) is 6.58 Å². The van der Waals surface area contributed by atoms with Gasteiger partial charge >= 0.3 is 11.9 Å². The first-order valence-corrected chi connectivity index (χ1v) is 9.09. The number of fused-ring (bicyclic) bond motifs is 4. The lowest BCUT2D eigenvalue weighted by Gasteiger charge is -2.33. The van der Waals surface area contributed by atoms with Crippen LogP contribution in [0.2, 0.25) is 0 Å². The molecule has 6 atom stereocenters. The average Bonchev–Trinajstić information content (AvgIpc) is 3.20. The molecule has 3 saturated heterocycles. The van der Waals surface area contributed by atoms with E-state index < -0.39 is 36.0 Å². The van der Waals surface area contributed by atoms with Crippen molar-refractivity contribution in [3.63, 3.8) is 0 Å². The number of ether oxygens (including phenoxy) is 4. The minimum absolute atomic E-state index is 0.163. The molecular formula is C19H24O7. The van der Waals surface area contributed by atoms with Crippen molar-refractivity contribution < 1.29 is 33.6 Å². The molecule has 0 amide bonds. The number of esters is 2. The standard InChI is InChI=1S/C19H24O7/c1-9(2)16(20)25-13-7-19-14(26-19)5-4-11(8-23-18(19)22)6-12-15(13)10(3)17(21)24-12/h6,9,12-15,18,22H,3-5,7-8H2,1-2H3/b11-6-/t12-,13+,14-,15+,18?,19-/m1/s1. The molecule has 1 aliphatic carbocycles. The van der Waals surface area contributed by atoms with E-state index in [1.807, 2.05) is 6.08 Å². The van der Waals surface area contributed by atoms with Gasteiger partial charge in [-0.15, -0.1) is 0 Å². The summed E-state index contributed by atoms with van der Waals surface area (Å²) in [6.07, 6.45) is 1.05. The second-order valence-corrected chi connectivity index (χ2v) is 7.84. The van der Waals surface area contributed by atoms with Gasteiger partial charge in [0.1, 0.15) is 17.8 Å².